The van der Waals surface area contributed by atoms with Gasteiger partial charge in [0.1, 0.15) is 5.75 Å². The molecule has 0 aliphatic carbocycles. The van der Waals surface area contributed by atoms with Crippen LogP contribution in [0.3, 0.4) is 0 Å². The minimum atomic E-state index is 0.887. The first-order valence-corrected chi connectivity index (χ1v) is 6.63. The predicted molar refractivity (Wildman–Crippen MR) is 79.9 cm³/mol. The zero-order valence-corrected chi connectivity index (χ0v) is 11.9. The van der Waals surface area contributed by atoms with Crippen molar-refractivity contribution in [3.63, 3.8) is 0 Å². The van der Waals surface area contributed by atoms with E-state index in [-0.39, 0.29) is 0 Å². The van der Waals surface area contributed by atoms with Gasteiger partial charge in [-0.15, -0.1) is 0 Å². The number of hydrogen-bond acceptors (Lipinski definition) is 1. The van der Waals surface area contributed by atoms with Gasteiger partial charge in [0.05, 0.1) is 7.11 Å². The van der Waals surface area contributed by atoms with Gasteiger partial charge in [-0.3, -0.25) is 0 Å². The van der Waals surface area contributed by atoms with Crippen molar-refractivity contribution in [2.24, 2.45) is 0 Å². The second kappa shape index (κ2) is 6.41. The van der Waals surface area contributed by atoms with Gasteiger partial charge in [0, 0.05) is 4.47 Å². The van der Waals surface area contributed by atoms with Crippen molar-refractivity contribution >= 4 is 22.0 Å². The Morgan fingerprint density at radius 3 is 2.44 bits per heavy atom. The molecule has 0 bridgehead atoms. The van der Waals surface area contributed by atoms with Crippen molar-refractivity contribution < 1.29 is 4.74 Å². The summed E-state index contributed by atoms with van der Waals surface area (Å²) in [5.74, 6) is 0.887. The smallest absolute Gasteiger partial charge is 0.118 e. The van der Waals surface area contributed by atoms with Crippen LogP contribution in [0, 0.1) is 0 Å². The molecule has 0 saturated heterocycles. The van der Waals surface area contributed by atoms with Gasteiger partial charge in [-0.05, 0) is 35.7 Å². The maximum atomic E-state index is 5.13. The molecule has 2 aromatic rings. The van der Waals surface area contributed by atoms with Crippen molar-refractivity contribution in [3.05, 3.63) is 70.2 Å². The molecule has 0 unspecified atom stereocenters. The zero-order chi connectivity index (χ0) is 12.8. The molecular weight excluding hydrogens is 288 g/mol. The Morgan fingerprint density at radius 2 is 1.78 bits per heavy atom. The summed E-state index contributed by atoms with van der Waals surface area (Å²) in [7, 11) is 1.68. The van der Waals surface area contributed by atoms with Gasteiger partial charge in [0.15, 0.2) is 0 Å². The van der Waals surface area contributed by atoms with Crippen molar-refractivity contribution in [2.45, 2.75) is 6.42 Å². The lowest BCUT2D eigenvalue weighted by Gasteiger charge is -2.00. The van der Waals surface area contributed by atoms with Crippen molar-refractivity contribution in [1.82, 2.24) is 0 Å². The van der Waals surface area contributed by atoms with E-state index in [2.05, 4.69) is 58.4 Å². The van der Waals surface area contributed by atoms with Crippen molar-refractivity contribution in [1.29, 1.82) is 0 Å². The minimum Gasteiger partial charge on any atom is -0.497 e. The minimum absolute atomic E-state index is 0.887. The molecule has 0 aliphatic heterocycles. The first-order chi connectivity index (χ1) is 8.79. The van der Waals surface area contributed by atoms with Gasteiger partial charge in [-0.2, -0.15) is 0 Å². The fourth-order valence-corrected chi connectivity index (χ4v) is 2.15. The predicted octanol–water partition coefficient (Wildman–Crippen LogP) is 4.71. The second-order valence-corrected chi connectivity index (χ2v) is 4.83. The van der Waals surface area contributed by atoms with Crippen LogP contribution in [-0.2, 0) is 6.42 Å². The molecule has 0 heterocycles. The van der Waals surface area contributed by atoms with E-state index in [1.165, 1.54) is 11.1 Å². The van der Waals surface area contributed by atoms with Crippen LogP contribution < -0.4 is 4.74 Å². The Labute approximate surface area is 116 Å². The highest BCUT2D eigenvalue weighted by Gasteiger charge is 1.95. The Bertz CT molecular complexity index is 529. The standard InChI is InChI=1S/C16H15BrO/c1-18-15-11-9-13(10-12-15)5-4-7-14-6-2-3-8-16(14)17/h2-6,8-12H,7H2,1H3/b5-4+. The molecule has 2 aromatic carbocycles. The van der Waals surface area contributed by atoms with Crippen LogP contribution in [0.2, 0.25) is 0 Å². The highest BCUT2D eigenvalue weighted by molar-refractivity contribution is 9.10. The molecule has 92 valence electrons. The van der Waals surface area contributed by atoms with Crippen LogP contribution in [0.4, 0.5) is 0 Å². The number of hydrogen-bond donors (Lipinski definition) is 0. The third-order valence-corrected chi connectivity index (χ3v) is 3.50. The fourth-order valence-electron chi connectivity index (χ4n) is 1.70. The topological polar surface area (TPSA) is 9.23 Å². The van der Waals surface area contributed by atoms with Gasteiger partial charge < -0.3 is 4.74 Å². The normalized spacial score (nSPS) is 10.8. The molecule has 1 nitrogen and oxygen atoms in total. The molecule has 0 aliphatic rings. The van der Waals surface area contributed by atoms with E-state index in [9.17, 15) is 0 Å². The van der Waals surface area contributed by atoms with Crippen LogP contribution in [0.1, 0.15) is 11.1 Å². The lowest BCUT2D eigenvalue weighted by atomic mass is 10.1. The van der Waals surface area contributed by atoms with Gasteiger partial charge in [-0.25, -0.2) is 0 Å². The number of allylic oxidation sites excluding steroid dienone is 1. The van der Waals surface area contributed by atoms with E-state index in [0.717, 1.165) is 16.6 Å². The SMILES string of the molecule is COc1ccc(/C=C/Cc2ccccc2Br)cc1. The van der Waals surface area contributed by atoms with Crippen LogP contribution >= 0.6 is 15.9 Å². The number of benzene rings is 2. The van der Waals surface area contributed by atoms with Crippen LogP contribution in [0.25, 0.3) is 6.08 Å². The van der Waals surface area contributed by atoms with E-state index >= 15 is 0 Å². The van der Waals surface area contributed by atoms with E-state index in [4.69, 9.17) is 4.74 Å². The van der Waals surface area contributed by atoms with E-state index in [0.29, 0.717) is 0 Å². The van der Waals surface area contributed by atoms with E-state index in [1.54, 1.807) is 7.11 Å². The van der Waals surface area contributed by atoms with Gasteiger partial charge in [0.2, 0.25) is 0 Å². The van der Waals surface area contributed by atoms with E-state index < -0.39 is 0 Å². The maximum absolute atomic E-state index is 5.13. The fraction of sp³-hybridized carbons (Fsp3) is 0.125. The lowest BCUT2D eigenvalue weighted by molar-refractivity contribution is 0.415. The van der Waals surface area contributed by atoms with Crippen molar-refractivity contribution in [2.75, 3.05) is 7.11 Å². The number of halogens is 1. The summed E-state index contributed by atoms with van der Waals surface area (Å²) in [6.07, 6.45) is 5.22. The molecule has 0 atom stereocenters. The summed E-state index contributed by atoms with van der Waals surface area (Å²) in [5.41, 5.74) is 2.48. The quantitative estimate of drug-likeness (QED) is 0.794. The molecule has 18 heavy (non-hydrogen) atoms. The Hall–Kier alpha value is -1.54. The highest BCUT2D eigenvalue weighted by Crippen LogP contribution is 2.17. The van der Waals surface area contributed by atoms with E-state index in [1.807, 2.05) is 18.2 Å². The average molecular weight is 303 g/mol. The molecule has 2 rings (SSSR count). The number of methoxy groups -OCH3 is 1. The first kappa shape index (κ1) is 12.9. The monoisotopic (exact) mass is 302 g/mol. The summed E-state index contributed by atoms with van der Waals surface area (Å²) in [6.45, 7) is 0. The molecule has 0 radical (unpaired) electrons. The summed E-state index contributed by atoms with van der Waals surface area (Å²) in [5, 5.41) is 0. The van der Waals surface area contributed by atoms with Crippen LogP contribution in [0.15, 0.2) is 59.1 Å². The Balaban J connectivity index is 2.01. The molecule has 0 spiro atoms. The van der Waals surface area contributed by atoms with Crippen LogP contribution in [0.5, 0.6) is 5.75 Å². The van der Waals surface area contributed by atoms with Crippen LogP contribution in [-0.4, -0.2) is 7.11 Å². The Morgan fingerprint density at radius 1 is 1.06 bits per heavy atom. The zero-order valence-electron chi connectivity index (χ0n) is 10.3. The third-order valence-electron chi connectivity index (χ3n) is 2.72. The van der Waals surface area contributed by atoms with Gasteiger partial charge in [0.25, 0.3) is 0 Å². The molecule has 0 amide bonds. The summed E-state index contributed by atoms with van der Waals surface area (Å²) < 4.78 is 6.29. The maximum Gasteiger partial charge on any atom is 0.118 e. The summed E-state index contributed by atoms with van der Waals surface area (Å²) in [6, 6.07) is 16.3. The van der Waals surface area contributed by atoms with Gasteiger partial charge in [-0.1, -0.05) is 58.4 Å². The summed E-state index contributed by atoms with van der Waals surface area (Å²) >= 11 is 3.55. The van der Waals surface area contributed by atoms with Gasteiger partial charge >= 0.3 is 0 Å². The molecule has 0 N–H and O–H groups in total. The average Bonchev–Trinajstić information content (AvgIpc) is 2.42. The highest BCUT2D eigenvalue weighted by atomic mass is 79.9. The van der Waals surface area contributed by atoms with Crippen molar-refractivity contribution in [3.8, 4) is 5.75 Å². The summed E-state index contributed by atoms with van der Waals surface area (Å²) in [4.78, 5) is 0. The number of rotatable bonds is 4. The largest absolute Gasteiger partial charge is 0.497 e. The molecular formula is C16H15BrO. The molecule has 0 fully saturated rings. The third kappa shape index (κ3) is 3.47. The number of ether oxygens (including phenoxy) is 1. The Kier molecular flexibility index (Phi) is 4.59. The molecule has 2 heteroatoms. The lowest BCUT2D eigenvalue weighted by Crippen LogP contribution is -1.83. The first-order valence-electron chi connectivity index (χ1n) is 5.83. The molecule has 0 aromatic heterocycles. The second-order valence-electron chi connectivity index (χ2n) is 3.97. The molecule has 0 saturated carbocycles.